The van der Waals surface area contributed by atoms with Crippen LogP contribution in [0.15, 0.2) is 99.4 Å². The second-order valence-corrected chi connectivity index (χ2v) is 10.4. The summed E-state index contributed by atoms with van der Waals surface area (Å²) in [7, 11) is 0. The minimum Gasteiger partial charge on any atom is -0.494 e. The van der Waals surface area contributed by atoms with Crippen molar-refractivity contribution in [2.75, 3.05) is 19.8 Å². The molecule has 1 amide bonds. The Morgan fingerprint density at radius 3 is 2.51 bits per heavy atom. The number of amides is 1. The normalized spacial score (nSPS) is 18.6. The molecule has 0 unspecified atom stereocenters. The van der Waals surface area contributed by atoms with E-state index in [1.807, 2.05) is 72.8 Å². The Kier molecular flexibility index (Phi) is 9.18. The maximum atomic E-state index is 13.9. The minimum atomic E-state index is -1.26. The van der Waals surface area contributed by atoms with Crippen LogP contribution in [0.2, 0.25) is 0 Å². The lowest BCUT2D eigenvalue weighted by atomic mass is 9.82. The monoisotopic (exact) mass is 626 g/mol. The Hall–Kier alpha value is -2.94. The van der Waals surface area contributed by atoms with Crippen LogP contribution in [0.5, 0.6) is 5.75 Å². The van der Waals surface area contributed by atoms with Gasteiger partial charge in [-0.1, -0.05) is 68.3 Å². The first kappa shape index (κ1) is 27.1. The number of aliphatic hydroxyl groups excluding tert-OH is 1. The molecule has 0 bridgehead atoms. The van der Waals surface area contributed by atoms with Crippen molar-refractivity contribution >= 4 is 43.7 Å². The molecule has 3 aromatic carbocycles. The number of ether oxygens (including phenoxy) is 2. The largest absolute Gasteiger partial charge is 0.494 e. The van der Waals surface area contributed by atoms with Crippen molar-refractivity contribution in [1.82, 2.24) is 5.32 Å². The number of rotatable bonds is 11. The number of benzene rings is 3. The summed E-state index contributed by atoms with van der Waals surface area (Å²) in [6.07, 6.45) is 1.87. The van der Waals surface area contributed by atoms with Gasteiger partial charge in [-0.3, -0.25) is 4.79 Å². The van der Waals surface area contributed by atoms with E-state index in [1.54, 1.807) is 6.08 Å². The molecule has 37 heavy (non-hydrogen) atoms. The number of nitrogens with zero attached hydrogens (tertiary/aromatic N) is 1. The van der Waals surface area contributed by atoms with Gasteiger partial charge in [0, 0.05) is 40.5 Å². The fraction of sp³-hybridized carbons (Fsp3) is 0.241. The number of carbonyl (C=O) groups is 1. The zero-order chi connectivity index (χ0) is 26.3. The van der Waals surface area contributed by atoms with Crippen LogP contribution in [0.4, 0.5) is 0 Å². The smallest absolute Gasteiger partial charge is 0.252 e. The summed E-state index contributed by atoms with van der Waals surface area (Å²) in [6.45, 7) is 4.56. The van der Waals surface area contributed by atoms with E-state index < -0.39 is 11.6 Å². The molecule has 0 aromatic heterocycles. The molecule has 8 heteroatoms. The molecular formula is C29H28Br2N2O4. The standard InChI is InChI=1S/C29H28Br2N2O4/c1-2-16-32-28(35)29(19-22-6-3-4-7-25(22)31)26(20-8-12-23(30)13-9-20)37-27(33-29)21-10-14-24(15-11-21)36-18-5-17-34/h2-4,6-15,26,34H,1,5,16-19H2,(H,32,35)/t26-,29-/m1/s1. The van der Waals surface area contributed by atoms with Crippen LogP contribution in [0.25, 0.3) is 0 Å². The second-order valence-electron chi connectivity index (χ2n) is 8.61. The van der Waals surface area contributed by atoms with E-state index >= 15 is 0 Å². The van der Waals surface area contributed by atoms with Crippen molar-refractivity contribution in [3.05, 3.63) is 111 Å². The summed E-state index contributed by atoms with van der Waals surface area (Å²) in [6, 6.07) is 23.0. The molecule has 0 spiro atoms. The van der Waals surface area contributed by atoms with E-state index in [9.17, 15) is 4.79 Å². The lowest BCUT2D eigenvalue weighted by Crippen LogP contribution is -2.50. The lowest BCUT2D eigenvalue weighted by molar-refractivity contribution is -0.128. The number of aliphatic imine (C=N–C) groups is 1. The Balaban J connectivity index is 1.78. The molecule has 0 saturated heterocycles. The predicted octanol–water partition coefficient (Wildman–Crippen LogP) is 5.77. The third kappa shape index (κ3) is 6.32. The van der Waals surface area contributed by atoms with E-state index in [0.29, 0.717) is 37.6 Å². The molecule has 1 aliphatic heterocycles. The van der Waals surface area contributed by atoms with E-state index in [2.05, 4.69) is 43.8 Å². The van der Waals surface area contributed by atoms with Gasteiger partial charge in [0.05, 0.1) is 6.61 Å². The number of hydrogen-bond donors (Lipinski definition) is 2. The Morgan fingerprint density at radius 2 is 1.84 bits per heavy atom. The first-order chi connectivity index (χ1) is 18.0. The molecule has 3 aromatic rings. The highest BCUT2D eigenvalue weighted by atomic mass is 79.9. The van der Waals surface area contributed by atoms with E-state index in [4.69, 9.17) is 19.6 Å². The van der Waals surface area contributed by atoms with Gasteiger partial charge in [0.1, 0.15) is 5.75 Å². The number of aliphatic hydroxyl groups is 1. The quantitative estimate of drug-likeness (QED) is 0.209. The van der Waals surface area contributed by atoms with Gasteiger partial charge in [0.15, 0.2) is 11.6 Å². The number of halogens is 2. The topological polar surface area (TPSA) is 80.2 Å². The van der Waals surface area contributed by atoms with Crippen molar-refractivity contribution in [2.24, 2.45) is 4.99 Å². The van der Waals surface area contributed by atoms with Crippen LogP contribution in [0.1, 0.15) is 29.2 Å². The molecule has 4 rings (SSSR count). The zero-order valence-electron chi connectivity index (χ0n) is 20.2. The first-order valence-electron chi connectivity index (χ1n) is 12.0. The summed E-state index contributed by atoms with van der Waals surface area (Å²) in [4.78, 5) is 18.9. The Labute approximate surface area is 233 Å². The molecule has 6 nitrogen and oxygen atoms in total. The molecule has 0 saturated carbocycles. The average molecular weight is 628 g/mol. The highest BCUT2D eigenvalue weighted by Crippen LogP contribution is 2.43. The Bertz CT molecular complexity index is 1260. The van der Waals surface area contributed by atoms with Gasteiger partial charge >= 0.3 is 0 Å². The molecule has 1 aliphatic rings. The van der Waals surface area contributed by atoms with Crippen molar-refractivity contribution < 1.29 is 19.4 Å². The minimum absolute atomic E-state index is 0.0771. The highest BCUT2D eigenvalue weighted by Gasteiger charge is 2.53. The molecule has 2 N–H and O–H groups in total. The molecular weight excluding hydrogens is 600 g/mol. The van der Waals surface area contributed by atoms with Gasteiger partial charge in [0.2, 0.25) is 5.90 Å². The third-order valence-electron chi connectivity index (χ3n) is 6.03. The SMILES string of the molecule is C=CCNC(=O)[C@]1(Cc2ccccc2Br)N=C(c2ccc(OCCCO)cc2)O[C@@H]1c1ccc(Br)cc1. The van der Waals surface area contributed by atoms with Crippen molar-refractivity contribution in [2.45, 2.75) is 24.5 Å². The molecule has 0 radical (unpaired) electrons. The van der Waals surface area contributed by atoms with Crippen LogP contribution in [0, 0.1) is 0 Å². The molecule has 192 valence electrons. The van der Waals surface area contributed by atoms with Crippen molar-refractivity contribution in [1.29, 1.82) is 0 Å². The zero-order valence-corrected chi connectivity index (χ0v) is 23.4. The summed E-state index contributed by atoms with van der Waals surface area (Å²) in [5, 5.41) is 11.9. The highest BCUT2D eigenvalue weighted by molar-refractivity contribution is 9.10. The maximum Gasteiger partial charge on any atom is 0.252 e. The fourth-order valence-electron chi connectivity index (χ4n) is 4.17. The van der Waals surface area contributed by atoms with Gasteiger partial charge < -0.3 is 19.9 Å². The van der Waals surface area contributed by atoms with Crippen LogP contribution in [0.3, 0.4) is 0 Å². The summed E-state index contributed by atoms with van der Waals surface area (Å²) >= 11 is 7.13. The molecule has 2 atom stereocenters. The number of hydrogen-bond acceptors (Lipinski definition) is 5. The van der Waals surface area contributed by atoms with Crippen molar-refractivity contribution in [3.63, 3.8) is 0 Å². The lowest BCUT2D eigenvalue weighted by Gasteiger charge is -2.31. The average Bonchev–Trinajstić information content (AvgIpc) is 3.30. The van der Waals surface area contributed by atoms with Gasteiger partial charge in [-0.2, -0.15) is 0 Å². The molecule has 0 fully saturated rings. The predicted molar refractivity (Wildman–Crippen MR) is 152 cm³/mol. The van der Waals surface area contributed by atoms with E-state index in [-0.39, 0.29) is 12.5 Å². The van der Waals surface area contributed by atoms with Crippen LogP contribution >= 0.6 is 31.9 Å². The maximum absolute atomic E-state index is 13.9. The molecule has 0 aliphatic carbocycles. The van der Waals surface area contributed by atoms with Gasteiger partial charge in [-0.05, 0) is 53.6 Å². The van der Waals surface area contributed by atoms with E-state index in [0.717, 1.165) is 25.6 Å². The van der Waals surface area contributed by atoms with Gasteiger partial charge in [-0.15, -0.1) is 6.58 Å². The Morgan fingerprint density at radius 1 is 1.11 bits per heavy atom. The molecule has 1 heterocycles. The van der Waals surface area contributed by atoms with Crippen molar-refractivity contribution in [3.8, 4) is 5.75 Å². The summed E-state index contributed by atoms with van der Waals surface area (Å²) in [5.74, 6) is 0.828. The number of nitrogens with one attached hydrogen (secondary N) is 1. The van der Waals surface area contributed by atoms with Crippen LogP contribution < -0.4 is 10.1 Å². The summed E-state index contributed by atoms with van der Waals surface area (Å²) in [5.41, 5.74) is 1.26. The fourth-order valence-corrected chi connectivity index (χ4v) is 4.86. The van der Waals surface area contributed by atoms with Gasteiger partial charge in [-0.25, -0.2) is 4.99 Å². The van der Waals surface area contributed by atoms with E-state index in [1.165, 1.54) is 0 Å². The third-order valence-corrected chi connectivity index (χ3v) is 7.33. The van der Waals surface area contributed by atoms with Crippen LogP contribution in [-0.4, -0.2) is 42.2 Å². The number of carbonyl (C=O) groups excluding carboxylic acids is 1. The first-order valence-corrected chi connectivity index (χ1v) is 13.5. The van der Waals surface area contributed by atoms with Crippen LogP contribution in [-0.2, 0) is 16.0 Å². The van der Waals surface area contributed by atoms with Gasteiger partial charge in [0.25, 0.3) is 5.91 Å². The second kappa shape index (κ2) is 12.5. The summed E-state index contributed by atoms with van der Waals surface area (Å²) < 4.78 is 14.0.